The van der Waals surface area contributed by atoms with Crippen molar-refractivity contribution in [1.82, 2.24) is 10.2 Å². The third-order valence-corrected chi connectivity index (χ3v) is 7.04. The highest BCUT2D eigenvalue weighted by Gasteiger charge is 2.28. The van der Waals surface area contributed by atoms with Crippen LogP contribution < -0.4 is 5.32 Å². The standard InChI is InChI=1S/C30H42N2O2.CH4O/c1-7-8-12-25-21(2)14-15-23-11-9-10-13-26(23)28(25)24-16-18-32(19-17-24)27(33)20-22(3)31-29(34)30(4,5)6;1-2/h7-11,13,22H,12,14-20H2,1-6H3,(H,31,34);2H,1H3/b8-7-;/t22-;/m1./s1. The first-order valence-corrected chi connectivity index (χ1v) is 13.3. The summed E-state index contributed by atoms with van der Waals surface area (Å²) in [6, 6.07) is 8.69. The Kier molecular flexibility index (Phi) is 11.2. The van der Waals surface area contributed by atoms with Crippen LogP contribution in [0.25, 0.3) is 5.57 Å². The average molecular weight is 495 g/mol. The second-order valence-corrected chi connectivity index (χ2v) is 10.9. The van der Waals surface area contributed by atoms with Crippen LogP contribution in [0.5, 0.6) is 0 Å². The summed E-state index contributed by atoms with van der Waals surface area (Å²) in [6.07, 6.45) is 9.71. The molecule has 3 rings (SSSR count). The number of nitrogens with zero attached hydrogens (tertiary/aromatic N) is 1. The summed E-state index contributed by atoms with van der Waals surface area (Å²) in [5.41, 5.74) is 8.23. The molecular formula is C31H46N2O3. The molecule has 5 heteroatoms. The molecule has 36 heavy (non-hydrogen) atoms. The zero-order valence-electron chi connectivity index (χ0n) is 23.4. The minimum Gasteiger partial charge on any atom is -0.400 e. The zero-order chi connectivity index (χ0) is 26.9. The van der Waals surface area contributed by atoms with Crippen LogP contribution in [-0.4, -0.2) is 48.1 Å². The van der Waals surface area contributed by atoms with E-state index < -0.39 is 5.41 Å². The summed E-state index contributed by atoms with van der Waals surface area (Å²) in [7, 11) is 1.00. The number of aliphatic hydroxyl groups is 1. The molecule has 0 radical (unpaired) electrons. The van der Waals surface area contributed by atoms with Gasteiger partial charge in [-0.15, -0.1) is 0 Å². The van der Waals surface area contributed by atoms with E-state index >= 15 is 0 Å². The predicted octanol–water partition coefficient (Wildman–Crippen LogP) is 5.84. The van der Waals surface area contributed by atoms with Crippen LogP contribution in [0.15, 0.2) is 53.1 Å². The number of allylic oxidation sites excluding steroid dienone is 5. The van der Waals surface area contributed by atoms with Crippen molar-refractivity contribution in [1.29, 1.82) is 0 Å². The van der Waals surface area contributed by atoms with E-state index in [0.29, 0.717) is 6.42 Å². The number of amides is 2. The topological polar surface area (TPSA) is 69.6 Å². The molecule has 0 unspecified atom stereocenters. The summed E-state index contributed by atoms with van der Waals surface area (Å²) in [4.78, 5) is 27.2. The van der Waals surface area contributed by atoms with E-state index in [1.54, 1.807) is 0 Å². The average Bonchev–Trinajstić information content (AvgIpc) is 2.99. The van der Waals surface area contributed by atoms with Crippen molar-refractivity contribution in [2.24, 2.45) is 5.41 Å². The number of fused-ring (bicyclic) bond motifs is 1. The Morgan fingerprint density at radius 1 is 1.08 bits per heavy atom. The quantitative estimate of drug-likeness (QED) is 0.505. The number of piperidine rings is 1. The smallest absolute Gasteiger partial charge is 0.225 e. The van der Waals surface area contributed by atoms with Crippen molar-refractivity contribution in [3.05, 3.63) is 64.3 Å². The van der Waals surface area contributed by atoms with Crippen molar-refractivity contribution in [2.45, 2.75) is 86.1 Å². The molecule has 0 saturated carbocycles. The lowest BCUT2D eigenvalue weighted by Crippen LogP contribution is -2.44. The minimum atomic E-state index is -0.450. The van der Waals surface area contributed by atoms with E-state index in [9.17, 15) is 9.59 Å². The van der Waals surface area contributed by atoms with Gasteiger partial charge >= 0.3 is 0 Å². The van der Waals surface area contributed by atoms with Crippen LogP contribution in [0, 0.1) is 5.41 Å². The number of carbonyl (C=O) groups is 2. The maximum atomic E-state index is 13.0. The molecule has 1 aromatic rings. The Hall–Kier alpha value is -2.66. The summed E-state index contributed by atoms with van der Waals surface area (Å²) < 4.78 is 0. The normalized spacial score (nSPS) is 17.3. The number of aliphatic hydroxyl groups excluding tert-OH is 1. The zero-order valence-corrected chi connectivity index (χ0v) is 23.4. The number of benzene rings is 1. The van der Waals surface area contributed by atoms with Crippen molar-refractivity contribution >= 4 is 17.4 Å². The number of likely N-dealkylation sites (tertiary alicyclic amines) is 1. The molecule has 2 amide bonds. The van der Waals surface area contributed by atoms with E-state index in [-0.39, 0.29) is 17.9 Å². The summed E-state index contributed by atoms with van der Waals surface area (Å²) in [6.45, 7) is 13.5. The van der Waals surface area contributed by atoms with Gasteiger partial charge in [-0.2, -0.15) is 0 Å². The Morgan fingerprint density at radius 3 is 2.33 bits per heavy atom. The van der Waals surface area contributed by atoms with Gasteiger partial charge in [0, 0.05) is 38.1 Å². The Morgan fingerprint density at radius 2 is 1.72 bits per heavy atom. The maximum absolute atomic E-state index is 13.0. The number of rotatable bonds is 5. The van der Waals surface area contributed by atoms with Crippen molar-refractivity contribution in [3.63, 3.8) is 0 Å². The highest BCUT2D eigenvalue weighted by atomic mass is 16.2. The summed E-state index contributed by atoms with van der Waals surface area (Å²) >= 11 is 0. The van der Waals surface area contributed by atoms with Crippen LogP contribution in [-0.2, 0) is 16.0 Å². The van der Waals surface area contributed by atoms with Crippen LogP contribution in [0.1, 0.15) is 84.8 Å². The van der Waals surface area contributed by atoms with Gasteiger partial charge in [-0.1, -0.05) is 68.3 Å². The van der Waals surface area contributed by atoms with Gasteiger partial charge in [0.2, 0.25) is 11.8 Å². The fraction of sp³-hybridized carbons (Fsp3) is 0.548. The first-order valence-electron chi connectivity index (χ1n) is 13.3. The van der Waals surface area contributed by atoms with E-state index in [0.717, 1.165) is 52.3 Å². The molecule has 198 valence electrons. The highest BCUT2D eigenvalue weighted by molar-refractivity contribution is 5.86. The summed E-state index contributed by atoms with van der Waals surface area (Å²) in [5, 5.41) is 9.99. The Labute approximate surface area is 218 Å². The van der Waals surface area contributed by atoms with Crippen molar-refractivity contribution in [3.8, 4) is 0 Å². The summed E-state index contributed by atoms with van der Waals surface area (Å²) in [5.74, 6) is 0.120. The van der Waals surface area contributed by atoms with E-state index in [1.165, 1.54) is 33.4 Å². The SMILES string of the molecule is C/C=C\CC1=C(C)CCc2ccccc2C1=C1CCN(C(=O)C[C@@H](C)NC(=O)C(C)(C)C)CC1.CO. The maximum Gasteiger partial charge on any atom is 0.225 e. The van der Waals surface area contributed by atoms with Gasteiger partial charge in [0.05, 0.1) is 0 Å². The van der Waals surface area contributed by atoms with E-state index in [1.807, 2.05) is 32.6 Å². The van der Waals surface area contributed by atoms with Crippen LogP contribution in [0.4, 0.5) is 0 Å². The van der Waals surface area contributed by atoms with Crippen molar-refractivity contribution < 1.29 is 14.7 Å². The second-order valence-electron chi connectivity index (χ2n) is 10.9. The molecule has 0 aromatic heterocycles. The Balaban J connectivity index is 0.00000222. The molecule has 0 bridgehead atoms. The van der Waals surface area contributed by atoms with Gasteiger partial charge in [-0.25, -0.2) is 0 Å². The molecule has 1 saturated heterocycles. The molecule has 2 N–H and O–H groups in total. The first kappa shape index (κ1) is 29.6. The fourth-order valence-corrected chi connectivity index (χ4v) is 4.91. The third-order valence-electron chi connectivity index (χ3n) is 7.04. The molecule has 1 heterocycles. The van der Waals surface area contributed by atoms with Crippen LogP contribution in [0.3, 0.4) is 0 Å². The molecule has 1 aliphatic carbocycles. The van der Waals surface area contributed by atoms with Crippen LogP contribution in [0.2, 0.25) is 0 Å². The second kappa shape index (κ2) is 13.6. The van der Waals surface area contributed by atoms with Gasteiger partial charge in [0.25, 0.3) is 0 Å². The largest absolute Gasteiger partial charge is 0.400 e. The lowest BCUT2D eigenvalue weighted by molar-refractivity contribution is -0.133. The highest BCUT2D eigenvalue weighted by Crippen LogP contribution is 2.40. The molecule has 1 atom stereocenters. The molecule has 1 aliphatic heterocycles. The number of hydrogen-bond donors (Lipinski definition) is 2. The number of nitrogens with one attached hydrogen (secondary N) is 1. The first-order chi connectivity index (χ1) is 17.1. The molecule has 1 fully saturated rings. The van der Waals surface area contributed by atoms with E-state index in [4.69, 9.17) is 5.11 Å². The predicted molar refractivity (Wildman–Crippen MR) is 149 cm³/mol. The molecular weight excluding hydrogens is 448 g/mol. The van der Waals surface area contributed by atoms with Crippen molar-refractivity contribution in [2.75, 3.05) is 20.2 Å². The lowest BCUT2D eigenvalue weighted by Gasteiger charge is -2.32. The number of aryl methyl sites for hydroxylation is 1. The van der Waals surface area contributed by atoms with Gasteiger partial charge in [0.1, 0.15) is 0 Å². The molecule has 0 spiro atoms. The minimum absolute atomic E-state index is 0.0127. The van der Waals surface area contributed by atoms with E-state index in [2.05, 4.69) is 55.6 Å². The van der Waals surface area contributed by atoms with Gasteiger partial charge in [-0.3, -0.25) is 9.59 Å². The number of carbonyl (C=O) groups excluding carboxylic acids is 2. The van der Waals surface area contributed by atoms with Crippen LogP contribution >= 0.6 is 0 Å². The van der Waals surface area contributed by atoms with Gasteiger partial charge in [-0.05, 0) is 75.1 Å². The lowest BCUT2D eigenvalue weighted by atomic mass is 9.84. The monoisotopic (exact) mass is 494 g/mol. The molecule has 5 nitrogen and oxygen atoms in total. The Bertz CT molecular complexity index is 1000. The molecule has 2 aliphatic rings. The number of hydrogen-bond acceptors (Lipinski definition) is 3. The van der Waals surface area contributed by atoms with Gasteiger partial charge in [0.15, 0.2) is 0 Å². The molecule has 1 aromatic carbocycles. The van der Waals surface area contributed by atoms with Gasteiger partial charge < -0.3 is 15.3 Å². The fourth-order valence-electron chi connectivity index (χ4n) is 4.91. The third kappa shape index (κ3) is 7.67.